The molecule has 1 aromatic rings. The fraction of sp³-hybridized carbons (Fsp3) is 0.556. The van der Waals surface area contributed by atoms with Gasteiger partial charge in [0.1, 0.15) is 12.2 Å². The van der Waals surface area contributed by atoms with Crippen molar-refractivity contribution in [2.24, 2.45) is 5.73 Å². The molecule has 0 unspecified atom stereocenters. The van der Waals surface area contributed by atoms with Crippen molar-refractivity contribution in [3.8, 4) is 5.88 Å². The minimum Gasteiger partial charge on any atom is -0.472 e. The largest absolute Gasteiger partial charge is 0.472 e. The van der Waals surface area contributed by atoms with Crippen LogP contribution in [0, 0.1) is 0 Å². The molecule has 0 aromatic carbocycles. The number of aliphatic hydroxyl groups excluding tert-OH is 1. The number of rotatable bonds is 5. The summed E-state index contributed by atoms with van der Waals surface area (Å²) >= 11 is 0. The maximum absolute atomic E-state index is 11.2. The van der Waals surface area contributed by atoms with E-state index < -0.39 is 5.91 Å². The van der Waals surface area contributed by atoms with Crippen LogP contribution in [0.2, 0.25) is 0 Å². The molecular weight excluding hydrogens is 200 g/mol. The smallest absolute Gasteiger partial charge is 0.267 e. The number of amides is 1. The van der Waals surface area contributed by atoms with Crippen molar-refractivity contribution in [3.05, 3.63) is 11.3 Å². The Morgan fingerprint density at radius 3 is 2.80 bits per heavy atom. The lowest BCUT2D eigenvalue weighted by molar-refractivity contribution is 0.0992. The van der Waals surface area contributed by atoms with Crippen molar-refractivity contribution in [1.29, 1.82) is 0 Å². The summed E-state index contributed by atoms with van der Waals surface area (Å²) in [7, 11) is 0. The Kier molecular flexibility index (Phi) is 3.68. The van der Waals surface area contributed by atoms with Crippen LogP contribution in [0.15, 0.2) is 4.52 Å². The molecule has 0 radical (unpaired) electrons. The average molecular weight is 214 g/mol. The number of aromatic nitrogens is 1. The first-order valence-electron chi connectivity index (χ1n) is 4.61. The highest BCUT2D eigenvalue weighted by Gasteiger charge is 2.24. The summed E-state index contributed by atoms with van der Waals surface area (Å²) < 4.78 is 9.98. The lowest BCUT2D eigenvalue weighted by Crippen LogP contribution is -2.15. The molecule has 1 aromatic heterocycles. The van der Waals surface area contributed by atoms with E-state index in [1.807, 2.05) is 13.8 Å². The van der Waals surface area contributed by atoms with Gasteiger partial charge in [0.25, 0.3) is 11.8 Å². The van der Waals surface area contributed by atoms with E-state index >= 15 is 0 Å². The summed E-state index contributed by atoms with van der Waals surface area (Å²) in [4.78, 5) is 11.2. The number of aliphatic hydroxyl groups is 1. The second-order valence-electron chi connectivity index (χ2n) is 3.32. The summed E-state index contributed by atoms with van der Waals surface area (Å²) in [6.07, 6.45) is 0. The van der Waals surface area contributed by atoms with Gasteiger partial charge in [-0.05, 0) is 5.16 Å². The highest BCUT2D eigenvalue weighted by Crippen LogP contribution is 2.26. The number of hydrogen-bond acceptors (Lipinski definition) is 5. The fourth-order valence-corrected chi connectivity index (χ4v) is 1.15. The molecule has 0 aliphatic heterocycles. The van der Waals surface area contributed by atoms with Crippen LogP contribution < -0.4 is 10.5 Å². The zero-order valence-electron chi connectivity index (χ0n) is 8.69. The summed E-state index contributed by atoms with van der Waals surface area (Å²) in [6.45, 7) is 3.58. The van der Waals surface area contributed by atoms with E-state index in [2.05, 4.69) is 5.16 Å². The number of ether oxygens (including phenoxy) is 1. The number of hydrogen-bond donors (Lipinski definition) is 2. The van der Waals surface area contributed by atoms with Crippen molar-refractivity contribution in [2.45, 2.75) is 19.8 Å². The van der Waals surface area contributed by atoms with Crippen LogP contribution in [-0.4, -0.2) is 29.4 Å². The molecule has 0 fully saturated rings. The van der Waals surface area contributed by atoms with Crippen molar-refractivity contribution < 1.29 is 19.2 Å². The van der Waals surface area contributed by atoms with E-state index in [-0.39, 0.29) is 30.6 Å². The molecule has 1 heterocycles. The van der Waals surface area contributed by atoms with Crippen LogP contribution in [0.5, 0.6) is 5.88 Å². The van der Waals surface area contributed by atoms with E-state index in [1.165, 1.54) is 0 Å². The molecule has 0 bridgehead atoms. The maximum Gasteiger partial charge on any atom is 0.267 e. The van der Waals surface area contributed by atoms with Gasteiger partial charge in [-0.2, -0.15) is 0 Å². The van der Waals surface area contributed by atoms with Crippen LogP contribution in [0.1, 0.15) is 35.9 Å². The molecule has 84 valence electrons. The molecule has 6 heteroatoms. The molecule has 1 amide bonds. The van der Waals surface area contributed by atoms with Crippen molar-refractivity contribution in [3.63, 3.8) is 0 Å². The van der Waals surface area contributed by atoms with Crippen LogP contribution in [-0.2, 0) is 0 Å². The van der Waals surface area contributed by atoms with Gasteiger partial charge in [-0.25, -0.2) is 0 Å². The molecule has 0 atom stereocenters. The Balaban J connectivity index is 3.01. The zero-order chi connectivity index (χ0) is 11.4. The Morgan fingerprint density at radius 2 is 2.33 bits per heavy atom. The topological polar surface area (TPSA) is 98.6 Å². The average Bonchev–Trinajstić information content (AvgIpc) is 2.58. The maximum atomic E-state index is 11.2. The Morgan fingerprint density at radius 1 is 1.67 bits per heavy atom. The van der Waals surface area contributed by atoms with Crippen LogP contribution >= 0.6 is 0 Å². The second-order valence-corrected chi connectivity index (χ2v) is 3.32. The molecule has 0 saturated carbocycles. The van der Waals surface area contributed by atoms with Gasteiger partial charge in [0.15, 0.2) is 5.76 Å². The van der Waals surface area contributed by atoms with Crippen molar-refractivity contribution in [1.82, 2.24) is 5.16 Å². The van der Waals surface area contributed by atoms with E-state index in [0.717, 1.165) is 0 Å². The Labute approximate surface area is 87.0 Å². The lowest BCUT2D eigenvalue weighted by Gasteiger charge is -2.02. The standard InChI is InChI=1S/C9H14N2O4/c1-5(2)7-6(8(10)13)9(11-15-7)14-4-3-12/h5,12H,3-4H2,1-2H3,(H2,10,13). The van der Waals surface area contributed by atoms with Gasteiger partial charge in [-0.15, -0.1) is 0 Å². The van der Waals surface area contributed by atoms with Gasteiger partial charge < -0.3 is 20.1 Å². The number of carbonyl (C=O) groups is 1. The summed E-state index contributed by atoms with van der Waals surface area (Å²) in [5.41, 5.74) is 5.34. The van der Waals surface area contributed by atoms with Gasteiger partial charge in [0.2, 0.25) is 0 Å². The summed E-state index contributed by atoms with van der Waals surface area (Å²) in [6, 6.07) is 0. The number of primary amides is 1. The molecule has 0 aliphatic carbocycles. The minimum absolute atomic E-state index is 0.00789. The monoisotopic (exact) mass is 214 g/mol. The van der Waals surface area contributed by atoms with Gasteiger partial charge in [-0.1, -0.05) is 13.8 Å². The quantitative estimate of drug-likeness (QED) is 0.732. The van der Waals surface area contributed by atoms with Gasteiger partial charge >= 0.3 is 0 Å². The third-order valence-corrected chi connectivity index (χ3v) is 1.79. The second kappa shape index (κ2) is 4.79. The molecule has 3 N–H and O–H groups in total. The third kappa shape index (κ3) is 2.47. The van der Waals surface area contributed by atoms with Gasteiger partial charge in [-0.3, -0.25) is 4.79 Å². The first-order valence-corrected chi connectivity index (χ1v) is 4.61. The van der Waals surface area contributed by atoms with Crippen LogP contribution in [0.25, 0.3) is 0 Å². The summed E-state index contributed by atoms with van der Waals surface area (Å²) in [5.74, 6) is -0.213. The van der Waals surface area contributed by atoms with Crippen molar-refractivity contribution in [2.75, 3.05) is 13.2 Å². The van der Waals surface area contributed by atoms with E-state index in [4.69, 9.17) is 20.1 Å². The molecule has 0 spiro atoms. The minimum atomic E-state index is -0.645. The highest BCUT2D eigenvalue weighted by molar-refractivity contribution is 5.96. The molecule has 0 saturated heterocycles. The molecule has 15 heavy (non-hydrogen) atoms. The highest BCUT2D eigenvalue weighted by atomic mass is 16.5. The van der Waals surface area contributed by atoms with Gasteiger partial charge in [0, 0.05) is 5.92 Å². The van der Waals surface area contributed by atoms with Gasteiger partial charge in [0.05, 0.1) is 6.61 Å². The molecule has 6 nitrogen and oxygen atoms in total. The van der Waals surface area contributed by atoms with Crippen molar-refractivity contribution >= 4 is 5.91 Å². The van der Waals surface area contributed by atoms with E-state index in [0.29, 0.717) is 5.76 Å². The van der Waals surface area contributed by atoms with E-state index in [9.17, 15) is 4.79 Å². The first-order chi connectivity index (χ1) is 7.07. The predicted molar refractivity (Wildman–Crippen MR) is 51.7 cm³/mol. The number of nitrogens with two attached hydrogens (primary N) is 1. The first kappa shape index (κ1) is 11.5. The fourth-order valence-electron chi connectivity index (χ4n) is 1.15. The molecular formula is C9H14N2O4. The lowest BCUT2D eigenvalue weighted by atomic mass is 10.1. The molecule has 0 aliphatic rings. The normalized spacial score (nSPS) is 10.7. The summed E-state index contributed by atoms with van der Waals surface area (Å²) in [5, 5.41) is 12.2. The predicted octanol–water partition coefficient (Wildman–Crippen LogP) is 0.268. The SMILES string of the molecule is CC(C)c1onc(OCCO)c1C(N)=O. The van der Waals surface area contributed by atoms with Crippen LogP contribution in [0.3, 0.4) is 0 Å². The third-order valence-electron chi connectivity index (χ3n) is 1.79. The Hall–Kier alpha value is -1.56. The molecule has 1 rings (SSSR count). The van der Waals surface area contributed by atoms with Crippen LogP contribution in [0.4, 0.5) is 0 Å². The number of nitrogens with zero attached hydrogens (tertiary/aromatic N) is 1. The number of carbonyl (C=O) groups excluding carboxylic acids is 1. The van der Waals surface area contributed by atoms with E-state index in [1.54, 1.807) is 0 Å². The zero-order valence-corrected chi connectivity index (χ0v) is 8.69. The Bertz CT molecular complexity index is 346.